The van der Waals surface area contributed by atoms with Crippen LogP contribution in [-0.2, 0) is 6.42 Å². The second kappa shape index (κ2) is 6.97. The van der Waals surface area contributed by atoms with Gasteiger partial charge in [0.2, 0.25) is 0 Å². The Labute approximate surface area is 120 Å². The zero-order chi connectivity index (χ0) is 14.5. The predicted octanol–water partition coefficient (Wildman–Crippen LogP) is 2.39. The zero-order valence-corrected chi connectivity index (χ0v) is 12.7. The summed E-state index contributed by atoms with van der Waals surface area (Å²) in [5.41, 5.74) is 0.503. The van der Waals surface area contributed by atoms with Crippen LogP contribution in [0.15, 0.2) is 6.33 Å². The molecule has 1 fully saturated rings. The molecule has 2 rings (SSSR count). The Morgan fingerprint density at radius 2 is 2.25 bits per heavy atom. The molecule has 20 heavy (non-hydrogen) atoms. The lowest BCUT2D eigenvalue weighted by atomic mass is 10.1. The van der Waals surface area contributed by atoms with Gasteiger partial charge in [0.25, 0.3) is 0 Å². The minimum Gasteiger partial charge on any atom is -0.352 e. The maximum atomic E-state index is 14.5. The molecule has 0 aliphatic carbocycles. The van der Waals surface area contributed by atoms with Crippen LogP contribution in [0.25, 0.3) is 0 Å². The Morgan fingerprint density at radius 1 is 1.45 bits per heavy atom. The molecule has 2 heterocycles. The number of anilines is 1. The Balaban J connectivity index is 2.20. The summed E-state index contributed by atoms with van der Waals surface area (Å²) in [5.74, 6) is 0.670. The highest BCUT2D eigenvalue weighted by Crippen LogP contribution is 2.21. The summed E-state index contributed by atoms with van der Waals surface area (Å²) in [7, 11) is 0. The van der Waals surface area contributed by atoms with Gasteiger partial charge in [-0.05, 0) is 31.7 Å². The average Bonchev–Trinajstić information content (AvgIpc) is 2.90. The molecule has 112 valence electrons. The molecule has 1 aliphatic heterocycles. The van der Waals surface area contributed by atoms with Crippen molar-refractivity contribution in [3.8, 4) is 0 Å². The molecule has 1 N–H and O–H groups in total. The predicted molar refractivity (Wildman–Crippen MR) is 79.4 cm³/mol. The Bertz CT molecular complexity index is 430. The number of rotatable bonds is 6. The van der Waals surface area contributed by atoms with Crippen molar-refractivity contribution in [2.75, 3.05) is 24.5 Å². The van der Waals surface area contributed by atoms with Crippen molar-refractivity contribution < 1.29 is 4.39 Å². The summed E-state index contributed by atoms with van der Waals surface area (Å²) in [6.07, 6.45) is 4.43. The first-order chi connectivity index (χ1) is 9.61. The van der Waals surface area contributed by atoms with Crippen LogP contribution in [0.3, 0.4) is 0 Å². The number of hydrogen-bond donors (Lipinski definition) is 1. The summed E-state index contributed by atoms with van der Waals surface area (Å²) < 4.78 is 14.5. The molecule has 0 radical (unpaired) electrons. The normalized spacial score (nSPS) is 18.8. The highest BCUT2D eigenvalue weighted by Gasteiger charge is 2.22. The SMILES string of the molecule is CCc1ncnc(N(CC(C)C)CC2CCCN2)c1F. The third kappa shape index (κ3) is 3.66. The molecule has 1 aromatic rings. The average molecular weight is 280 g/mol. The quantitative estimate of drug-likeness (QED) is 0.868. The number of nitrogens with zero attached hydrogens (tertiary/aromatic N) is 3. The molecule has 5 heteroatoms. The van der Waals surface area contributed by atoms with Crippen molar-refractivity contribution in [1.29, 1.82) is 0 Å². The summed E-state index contributed by atoms with van der Waals surface area (Å²) in [4.78, 5) is 10.3. The van der Waals surface area contributed by atoms with Gasteiger partial charge >= 0.3 is 0 Å². The number of halogens is 1. The van der Waals surface area contributed by atoms with Crippen molar-refractivity contribution in [2.45, 2.75) is 46.1 Å². The topological polar surface area (TPSA) is 41.1 Å². The van der Waals surface area contributed by atoms with Gasteiger partial charge in [-0.1, -0.05) is 20.8 Å². The molecule has 4 nitrogen and oxygen atoms in total. The molecule has 1 atom stereocenters. The Morgan fingerprint density at radius 3 is 2.85 bits per heavy atom. The van der Waals surface area contributed by atoms with Crippen molar-refractivity contribution in [3.05, 3.63) is 17.8 Å². The molecule has 1 saturated heterocycles. The van der Waals surface area contributed by atoms with Gasteiger partial charge in [-0.25, -0.2) is 14.4 Å². The maximum Gasteiger partial charge on any atom is 0.187 e. The van der Waals surface area contributed by atoms with Crippen LogP contribution in [0, 0.1) is 11.7 Å². The minimum absolute atomic E-state index is 0.256. The van der Waals surface area contributed by atoms with Gasteiger partial charge in [0, 0.05) is 19.1 Å². The van der Waals surface area contributed by atoms with Crippen LogP contribution >= 0.6 is 0 Å². The van der Waals surface area contributed by atoms with E-state index in [-0.39, 0.29) is 5.82 Å². The fourth-order valence-corrected chi connectivity index (χ4v) is 2.73. The van der Waals surface area contributed by atoms with Gasteiger partial charge in [0.05, 0.1) is 5.69 Å². The molecule has 0 aromatic carbocycles. The fraction of sp³-hybridized carbons (Fsp3) is 0.733. The molecular weight excluding hydrogens is 255 g/mol. The Hall–Kier alpha value is -1.23. The summed E-state index contributed by atoms with van der Waals surface area (Å²) in [6.45, 7) is 8.90. The standard InChI is InChI=1S/C15H25FN4/c1-4-13-14(16)15(19-10-18-13)20(8-11(2)3)9-12-6-5-7-17-12/h10-12,17H,4-9H2,1-3H3. The van der Waals surface area contributed by atoms with Crippen LogP contribution in [-0.4, -0.2) is 35.6 Å². The summed E-state index contributed by atoms with van der Waals surface area (Å²) in [6, 6.07) is 0.438. The molecule has 1 aromatic heterocycles. The van der Waals surface area contributed by atoms with E-state index in [1.807, 2.05) is 6.92 Å². The number of nitrogens with one attached hydrogen (secondary N) is 1. The Kier molecular flexibility index (Phi) is 5.29. The lowest BCUT2D eigenvalue weighted by Gasteiger charge is -2.29. The molecular formula is C15H25FN4. The number of hydrogen-bond acceptors (Lipinski definition) is 4. The van der Waals surface area contributed by atoms with E-state index in [1.54, 1.807) is 0 Å². The third-order valence-electron chi connectivity index (χ3n) is 3.67. The smallest absolute Gasteiger partial charge is 0.187 e. The molecule has 1 aliphatic rings. The van der Waals surface area contributed by atoms with Gasteiger partial charge in [-0.15, -0.1) is 0 Å². The summed E-state index contributed by atoms with van der Waals surface area (Å²) in [5, 5.41) is 3.47. The highest BCUT2D eigenvalue weighted by atomic mass is 19.1. The van der Waals surface area contributed by atoms with Crippen LogP contribution in [0.2, 0.25) is 0 Å². The first-order valence-corrected chi connectivity index (χ1v) is 7.59. The second-order valence-corrected chi connectivity index (χ2v) is 5.90. The van der Waals surface area contributed by atoms with Crippen LogP contribution in [0.5, 0.6) is 0 Å². The van der Waals surface area contributed by atoms with E-state index in [9.17, 15) is 4.39 Å². The van der Waals surface area contributed by atoms with Crippen molar-refractivity contribution in [3.63, 3.8) is 0 Å². The van der Waals surface area contributed by atoms with Crippen molar-refractivity contribution in [2.24, 2.45) is 5.92 Å². The lowest BCUT2D eigenvalue weighted by molar-refractivity contribution is 0.518. The number of aryl methyl sites for hydroxylation is 1. The lowest BCUT2D eigenvalue weighted by Crippen LogP contribution is -2.40. The summed E-state index contributed by atoms with van der Waals surface area (Å²) >= 11 is 0. The first-order valence-electron chi connectivity index (χ1n) is 7.59. The van der Waals surface area contributed by atoms with Gasteiger partial charge in [-0.3, -0.25) is 0 Å². The van der Waals surface area contributed by atoms with E-state index >= 15 is 0 Å². The van der Waals surface area contributed by atoms with Gasteiger partial charge < -0.3 is 10.2 Å². The van der Waals surface area contributed by atoms with Crippen LogP contribution < -0.4 is 10.2 Å². The van der Waals surface area contributed by atoms with E-state index in [2.05, 4.69) is 34.0 Å². The molecule has 0 saturated carbocycles. The largest absolute Gasteiger partial charge is 0.352 e. The molecule has 0 amide bonds. The van der Waals surface area contributed by atoms with Crippen molar-refractivity contribution >= 4 is 5.82 Å². The van der Waals surface area contributed by atoms with E-state index < -0.39 is 0 Å². The van der Waals surface area contributed by atoms with Crippen LogP contribution in [0.4, 0.5) is 10.2 Å². The second-order valence-electron chi connectivity index (χ2n) is 5.90. The minimum atomic E-state index is -0.256. The van der Waals surface area contributed by atoms with E-state index in [0.29, 0.717) is 29.9 Å². The molecule has 0 bridgehead atoms. The zero-order valence-electron chi connectivity index (χ0n) is 12.7. The highest BCUT2D eigenvalue weighted by molar-refractivity contribution is 5.41. The molecule has 1 unspecified atom stereocenters. The van der Waals surface area contributed by atoms with Gasteiger partial charge in [0.15, 0.2) is 11.6 Å². The van der Waals surface area contributed by atoms with E-state index in [1.165, 1.54) is 12.7 Å². The van der Waals surface area contributed by atoms with Crippen molar-refractivity contribution in [1.82, 2.24) is 15.3 Å². The fourth-order valence-electron chi connectivity index (χ4n) is 2.73. The monoisotopic (exact) mass is 280 g/mol. The van der Waals surface area contributed by atoms with E-state index in [4.69, 9.17) is 0 Å². The van der Waals surface area contributed by atoms with Crippen LogP contribution in [0.1, 0.15) is 39.3 Å². The van der Waals surface area contributed by atoms with E-state index in [0.717, 1.165) is 26.1 Å². The number of aromatic nitrogens is 2. The maximum absolute atomic E-state index is 14.5. The van der Waals surface area contributed by atoms with Gasteiger partial charge in [0.1, 0.15) is 6.33 Å². The molecule has 0 spiro atoms. The van der Waals surface area contributed by atoms with Gasteiger partial charge in [-0.2, -0.15) is 0 Å². The third-order valence-corrected chi connectivity index (χ3v) is 3.67. The first kappa shape index (κ1) is 15.2.